The van der Waals surface area contributed by atoms with Gasteiger partial charge in [0.05, 0.1) is 6.04 Å². The number of hydrogen-bond donors (Lipinski definition) is 7. The fraction of sp³-hybridized carbons (Fsp3) is 0.560. The van der Waals surface area contributed by atoms with Crippen LogP contribution in [0.25, 0.3) is 0 Å². The van der Waals surface area contributed by atoms with E-state index in [1.807, 2.05) is 42.8 Å². The molecule has 218 valence electrons. The van der Waals surface area contributed by atoms with E-state index in [4.69, 9.17) is 17.2 Å². The summed E-state index contributed by atoms with van der Waals surface area (Å²) in [5.74, 6) is -1.78. The van der Waals surface area contributed by atoms with Crippen molar-refractivity contribution in [3.63, 3.8) is 0 Å². The maximum atomic E-state index is 13.4. The van der Waals surface area contributed by atoms with Gasteiger partial charge in [-0.3, -0.25) is 19.4 Å². The Morgan fingerprint density at radius 2 is 1.41 bits per heavy atom. The van der Waals surface area contributed by atoms with E-state index in [0.717, 1.165) is 5.56 Å². The highest BCUT2D eigenvalue weighted by atomic mass is 32.2. The number of benzene rings is 1. The van der Waals surface area contributed by atoms with Crippen molar-refractivity contribution >= 4 is 53.2 Å². The highest BCUT2D eigenvalue weighted by molar-refractivity contribution is 7.98. The van der Waals surface area contributed by atoms with Crippen LogP contribution in [0.3, 0.4) is 0 Å². The van der Waals surface area contributed by atoms with Crippen molar-refractivity contribution in [2.75, 3.05) is 30.6 Å². The Balaban J connectivity index is 3.11. The molecule has 0 aliphatic carbocycles. The van der Waals surface area contributed by atoms with Crippen molar-refractivity contribution in [1.82, 2.24) is 16.0 Å². The molecule has 0 saturated heterocycles. The van der Waals surface area contributed by atoms with E-state index >= 15 is 0 Å². The van der Waals surface area contributed by atoms with Crippen LogP contribution in [0.15, 0.2) is 35.3 Å². The third-order valence-electron chi connectivity index (χ3n) is 5.69. The smallest absolute Gasteiger partial charge is 0.326 e. The van der Waals surface area contributed by atoms with Gasteiger partial charge in [-0.05, 0) is 55.3 Å². The van der Waals surface area contributed by atoms with Crippen LogP contribution >= 0.6 is 23.5 Å². The van der Waals surface area contributed by atoms with E-state index in [0.29, 0.717) is 24.3 Å². The van der Waals surface area contributed by atoms with Gasteiger partial charge in [0.1, 0.15) is 18.1 Å². The molecular formula is C25H41N7O5S2. The Kier molecular flexibility index (Phi) is 16.7. The molecule has 10 N–H and O–H groups in total. The fourth-order valence-corrected chi connectivity index (χ4v) is 4.48. The van der Waals surface area contributed by atoms with Crippen LogP contribution in [0.5, 0.6) is 0 Å². The quantitative estimate of drug-likeness (QED) is 0.0638. The highest BCUT2D eigenvalue weighted by Gasteiger charge is 2.30. The second-order valence-corrected chi connectivity index (χ2v) is 10.8. The van der Waals surface area contributed by atoms with Crippen LogP contribution in [0, 0.1) is 0 Å². The number of rotatable bonds is 19. The molecule has 0 aromatic heterocycles. The molecule has 0 saturated carbocycles. The first-order valence-corrected chi connectivity index (χ1v) is 15.3. The lowest BCUT2D eigenvalue weighted by atomic mass is 10.0. The van der Waals surface area contributed by atoms with Crippen LogP contribution in [0.4, 0.5) is 0 Å². The molecular weight excluding hydrogens is 542 g/mol. The SMILES string of the molecule is CSCCC(N)C(=O)NC(Cc1ccccc1)C(=O)NC(CCCN=C(N)N)C(=O)NC(CCSC)C(=O)O. The van der Waals surface area contributed by atoms with E-state index in [1.54, 1.807) is 11.8 Å². The molecule has 4 atom stereocenters. The summed E-state index contributed by atoms with van der Waals surface area (Å²) in [6, 6.07) is 5.11. The average Bonchev–Trinajstić information content (AvgIpc) is 2.90. The topological polar surface area (TPSA) is 215 Å². The number of nitrogens with two attached hydrogens (primary N) is 3. The number of aliphatic imine (C=N–C) groups is 1. The normalized spacial score (nSPS) is 13.8. The Labute approximate surface area is 238 Å². The minimum absolute atomic E-state index is 0.105. The molecule has 0 spiro atoms. The average molecular weight is 584 g/mol. The van der Waals surface area contributed by atoms with Gasteiger partial charge in [0.25, 0.3) is 0 Å². The second-order valence-electron chi connectivity index (χ2n) is 8.83. The molecule has 12 nitrogen and oxygen atoms in total. The number of thioether (sulfide) groups is 2. The van der Waals surface area contributed by atoms with E-state index in [-0.39, 0.29) is 31.8 Å². The Morgan fingerprint density at radius 1 is 0.846 bits per heavy atom. The number of guanidine groups is 1. The number of carboxylic acid groups (broad SMARTS) is 1. The van der Waals surface area contributed by atoms with Gasteiger partial charge in [-0.2, -0.15) is 23.5 Å². The summed E-state index contributed by atoms with van der Waals surface area (Å²) in [6.07, 6.45) is 5.05. The molecule has 14 heteroatoms. The van der Waals surface area contributed by atoms with Crippen LogP contribution < -0.4 is 33.2 Å². The van der Waals surface area contributed by atoms with E-state index in [1.165, 1.54) is 11.8 Å². The number of hydrogen-bond acceptors (Lipinski definition) is 8. The van der Waals surface area contributed by atoms with Crippen molar-refractivity contribution in [2.45, 2.75) is 56.3 Å². The van der Waals surface area contributed by atoms with Gasteiger partial charge in [-0.15, -0.1) is 0 Å². The summed E-state index contributed by atoms with van der Waals surface area (Å²) in [5, 5.41) is 17.5. The molecule has 0 radical (unpaired) electrons. The summed E-state index contributed by atoms with van der Waals surface area (Å²) in [6.45, 7) is 0.214. The van der Waals surface area contributed by atoms with Gasteiger partial charge in [0, 0.05) is 13.0 Å². The zero-order valence-electron chi connectivity index (χ0n) is 22.4. The largest absolute Gasteiger partial charge is 0.480 e. The van der Waals surface area contributed by atoms with E-state index in [2.05, 4.69) is 20.9 Å². The molecule has 4 unspecified atom stereocenters. The Bertz CT molecular complexity index is 948. The standard InChI is InChI=1S/C25H41N7O5S2/c1-38-13-10-17(26)21(33)32-20(15-16-7-4-3-5-8-16)23(35)30-18(9-6-12-29-25(27)28)22(34)31-19(24(36)37)11-14-39-2/h3-5,7-8,17-20H,6,9-15,26H2,1-2H3,(H,30,35)(H,31,34)(H,32,33)(H,36,37)(H4,27,28,29). The maximum absolute atomic E-state index is 13.4. The van der Waals surface area contributed by atoms with Crippen molar-refractivity contribution < 1.29 is 24.3 Å². The first-order chi connectivity index (χ1) is 18.6. The van der Waals surface area contributed by atoms with Gasteiger partial charge in [0.15, 0.2) is 5.96 Å². The van der Waals surface area contributed by atoms with E-state index < -0.39 is 47.9 Å². The van der Waals surface area contributed by atoms with Gasteiger partial charge in [-0.1, -0.05) is 30.3 Å². The number of carbonyl (C=O) groups is 4. The molecule has 1 aromatic carbocycles. The summed E-state index contributed by atoms with van der Waals surface area (Å²) in [7, 11) is 0. The summed E-state index contributed by atoms with van der Waals surface area (Å²) >= 11 is 3.01. The lowest BCUT2D eigenvalue weighted by Crippen LogP contribution is -2.57. The number of nitrogens with zero attached hydrogens (tertiary/aromatic N) is 1. The number of aliphatic carboxylic acids is 1. The third kappa shape index (κ3) is 14.1. The molecule has 39 heavy (non-hydrogen) atoms. The molecule has 0 heterocycles. The maximum Gasteiger partial charge on any atom is 0.326 e. The first-order valence-electron chi connectivity index (χ1n) is 12.6. The highest BCUT2D eigenvalue weighted by Crippen LogP contribution is 2.08. The molecule has 0 aliphatic rings. The van der Waals surface area contributed by atoms with Crippen LogP contribution in [0.1, 0.15) is 31.2 Å². The zero-order chi connectivity index (χ0) is 29.2. The number of carbonyl (C=O) groups excluding carboxylic acids is 3. The van der Waals surface area contributed by atoms with Crippen molar-refractivity contribution in [1.29, 1.82) is 0 Å². The molecule has 0 aliphatic heterocycles. The predicted octanol–water partition coefficient (Wildman–Crippen LogP) is -0.345. The minimum atomic E-state index is -1.17. The lowest BCUT2D eigenvalue weighted by Gasteiger charge is -2.25. The van der Waals surface area contributed by atoms with Gasteiger partial charge >= 0.3 is 5.97 Å². The van der Waals surface area contributed by atoms with Crippen LogP contribution in [-0.2, 0) is 25.6 Å². The molecule has 0 fully saturated rings. The molecule has 3 amide bonds. The van der Waals surface area contributed by atoms with Crippen molar-refractivity contribution in [2.24, 2.45) is 22.2 Å². The monoisotopic (exact) mass is 583 g/mol. The minimum Gasteiger partial charge on any atom is -0.480 e. The fourth-order valence-electron chi connectivity index (χ4n) is 3.52. The summed E-state index contributed by atoms with van der Waals surface area (Å²) in [4.78, 5) is 54.9. The van der Waals surface area contributed by atoms with Crippen LogP contribution in [-0.4, -0.2) is 89.5 Å². The summed E-state index contributed by atoms with van der Waals surface area (Å²) in [5.41, 5.74) is 17.5. The molecule has 0 bridgehead atoms. The van der Waals surface area contributed by atoms with Gasteiger partial charge in [0.2, 0.25) is 17.7 Å². The summed E-state index contributed by atoms with van der Waals surface area (Å²) < 4.78 is 0. The molecule has 1 rings (SSSR count). The number of carboxylic acids is 1. The predicted molar refractivity (Wildman–Crippen MR) is 157 cm³/mol. The molecule has 1 aromatic rings. The van der Waals surface area contributed by atoms with Crippen LogP contribution in [0.2, 0.25) is 0 Å². The first kappa shape index (κ1) is 34.1. The van der Waals surface area contributed by atoms with Gasteiger partial charge < -0.3 is 38.3 Å². The van der Waals surface area contributed by atoms with Crippen molar-refractivity contribution in [3.8, 4) is 0 Å². The van der Waals surface area contributed by atoms with E-state index in [9.17, 15) is 24.3 Å². The second kappa shape index (κ2) is 19.1. The van der Waals surface area contributed by atoms with Gasteiger partial charge in [-0.25, -0.2) is 4.79 Å². The third-order valence-corrected chi connectivity index (χ3v) is 6.98. The van der Waals surface area contributed by atoms with Crippen molar-refractivity contribution in [3.05, 3.63) is 35.9 Å². The Morgan fingerprint density at radius 3 is 2.00 bits per heavy atom. The number of nitrogens with one attached hydrogen (secondary N) is 3. The lowest BCUT2D eigenvalue weighted by molar-refractivity contribution is -0.142. The Hall–Kier alpha value is -2.97. The number of amides is 3. The zero-order valence-corrected chi connectivity index (χ0v) is 24.1.